The quantitative estimate of drug-likeness (QED) is 0.799. The molecule has 21 heavy (non-hydrogen) atoms. The number of piperidine rings is 1. The van der Waals surface area contributed by atoms with Crippen LogP contribution in [0.5, 0.6) is 0 Å². The topological polar surface area (TPSA) is 54.2 Å². The molecule has 1 unspecified atom stereocenters. The van der Waals surface area contributed by atoms with E-state index in [1.165, 1.54) is 19.3 Å². The molecular weight excluding hydrogens is 264 g/mol. The summed E-state index contributed by atoms with van der Waals surface area (Å²) >= 11 is 0. The molecule has 1 aliphatic heterocycles. The molecule has 1 aromatic heterocycles. The Kier molecular flexibility index (Phi) is 6.64. The Morgan fingerprint density at radius 1 is 1.38 bits per heavy atom. The maximum absolute atomic E-state index is 5.41. The average Bonchev–Trinajstić information content (AvgIpc) is 2.86. The van der Waals surface area contributed by atoms with Gasteiger partial charge in [-0.25, -0.2) is 0 Å². The van der Waals surface area contributed by atoms with Crippen LogP contribution in [0.25, 0.3) is 0 Å². The van der Waals surface area contributed by atoms with Crippen LogP contribution in [0, 0.1) is 5.92 Å². The molecule has 0 spiro atoms. The van der Waals surface area contributed by atoms with E-state index in [0.717, 1.165) is 50.7 Å². The van der Waals surface area contributed by atoms with Gasteiger partial charge in [0.2, 0.25) is 5.89 Å². The number of nitrogens with one attached hydrogen (secondary N) is 1. The summed E-state index contributed by atoms with van der Waals surface area (Å²) in [6.45, 7) is 10.7. The molecule has 5 nitrogen and oxygen atoms in total. The Bertz CT molecular complexity index is 399. The lowest BCUT2D eigenvalue weighted by Gasteiger charge is -2.29. The van der Waals surface area contributed by atoms with Crippen LogP contribution in [-0.2, 0) is 13.0 Å². The van der Waals surface area contributed by atoms with E-state index in [2.05, 4.69) is 41.1 Å². The smallest absolute Gasteiger partial charge is 0.240 e. The van der Waals surface area contributed by atoms with E-state index in [1.807, 2.05) is 0 Å². The highest BCUT2D eigenvalue weighted by molar-refractivity contribution is 4.88. The molecular formula is C16H30N4O. The van der Waals surface area contributed by atoms with Gasteiger partial charge in [-0.2, -0.15) is 4.98 Å². The SMILES string of the molecule is CCCN(Cc1nc(CC(C)C)no1)CC1CCCCN1. The minimum absolute atomic E-state index is 0.564. The van der Waals surface area contributed by atoms with E-state index < -0.39 is 0 Å². The molecule has 5 heteroatoms. The predicted octanol–water partition coefficient (Wildman–Crippen LogP) is 2.62. The van der Waals surface area contributed by atoms with Crippen LogP contribution in [0.1, 0.15) is 58.2 Å². The molecule has 0 bridgehead atoms. The van der Waals surface area contributed by atoms with Crippen molar-refractivity contribution in [2.75, 3.05) is 19.6 Å². The molecule has 1 N–H and O–H groups in total. The van der Waals surface area contributed by atoms with E-state index >= 15 is 0 Å². The monoisotopic (exact) mass is 294 g/mol. The van der Waals surface area contributed by atoms with Gasteiger partial charge in [-0.3, -0.25) is 4.90 Å². The van der Waals surface area contributed by atoms with E-state index in [-0.39, 0.29) is 0 Å². The van der Waals surface area contributed by atoms with Crippen LogP contribution < -0.4 is 5.32 Å². The standard InChI is InChI=1S/C16H30N4O/c1-4-9-20(11-14-7-5-6-8-17-14)12-16-18-15(19-21-16)10-13(2)3/h13-14,17H,4-12H2,1-3H3. The lowest BCUT2D eigenvalue weighted by atomic mass is 10.0. The van der Waals surface area contributed by atoms with Gasteiger partial charge < -0.3 is 9.84 Å². The second-order valence-corrected chi connectivity index (χ2v) is 6.58. The van der Waals surface area contributed by atoms with Crippen LogP contribution in [0.3, 0.4) is 0 Å². The van der Waals surface area contributed by atoms with Gasteiger partial charge in [0.25, 0.3) is 0 Å². The highest BCUT2D eigenvalue weighted by Gasteiger charge is 2.18. The fraction of sp³-hybridized carbons (Fsp3) is 0.875. The molecule has 0 amide bonds. The van der Waals surface area contributed by atoms with Crippen LogP contribution in [-0.4, -0.2) is 40.7 Å². The third-order valence-corrected chi connectivity index (χ3v) is 3.89. The minimum atomic E-state index is 0.564. The lowest BCUT2D eigenvalue weighted by Crippen LogP contribution is -2.43. The Hall–Kier alpha value is -0.940. The molecule has 1 saturated heterocycles. The first kappa shape index (κ1) is 16.4. The highest BCUT2D eigenvalue weighted by Crippen LogP contribution is 2.12. The third kappa shape index (κ3) is 5.75. The fourth-order valence-electron chi connectivity index (χ4n) is 2.94. The summed E-state index contributed by atoms with van der Waals surface area (Å²) in [5.74, 6) is 2.16. The summed E-state index contributed by atoms with van der Waals surface area (Å²) in [7, 11) is 0. The Balaban J connectivity index is 1.87. The van der Waals surface area contributed by atoms with Crippen molar-refractivity contribution in [3.8, 4) is 0 Å². The zero-order valence-electron chi connectivity index (χ0n) is 13.8. The van der Waals surface area contributed by atoms with Gasteiger partial charge in [-0.15, -0.1) is 0 Å². The molecule has 1 atom stereocenters. The maximum Gasteiger partial charge on any atom is 0.240 e. The summed E-state index contributed by atoms with van der Waals surface area (Å²) in [5, 5.41) is 7.70. The van der Waals surface area contributed by atoms with Crippen molar-refractivity contribution in [2.45, 2.75) is 65.5 Å². The van der Waals surface area contributed by atoms with Gasteiger partial charge >= 0.3 is 0 Å². The van der Waals surface area contributed by atoms with Crippen LogP contribution >= 0.6 is 0 Å². The predicted molar refractivity (Wildman–Crippen MR) is 84.0 cm³/mol. The van der Waals surface area contributed by atoms with Gasteiger partial charge in [0.1, 0.15) is 0 Å². The van der Waals surface area contributed by atoms with E-state index in [9.17, 15) is 0 Å². The fourth-order valence-corrected chi connectivity index (χ4v) is 2.94. The zero-order valence-corrected chi connectivity index (χ0v) is 13.8. The second kappa shape index (κ2) is 8.49. The third-order valence-electron chi connectivity index (χ3n) is 3.89. The summed E-state index contributed by atoms with van der Waals surface area (Å²) in [6.07, 6.45) is 5.98. The summed E-state index contributed by atoms with van der Waals surface area (Å²) in [5.41, 5.74) is 0. The largest absolute Gasteiger partial charge is 0.338 e. The Labute approximate surface area is 128 Å². The highest BCUT2D eigenvalue weighted by atomic mass is 16.5. The molecule has 120 valence electrons. The normalized spacial score (nSPS) is 19.6. The molecule has 1 aromatic rings. The number of hydrogen-bond donors (Lipinski definition) is 1. The molecule has 0 saturated carbocycles. The molecule has 0 aliphatic carbocycles. The van der Waals surface area contributed by atoms with E-state index in [1.54, 1.807) is 0 Å². The van der Waals surface area contributed by atoms with Gasteiger partial charge in [0, 0.05) is 19.0 Å². The molecule has 1 fully saturated rings. The van der Waals surface area contributed by atoms with Gasteiger partial charge in [-0.05, 0) is 38.3 Å². The van der Waals surface area contributed by atoms with Gasteiger partial charge in [-0.1, -0.05) is 32.3 Å². The first-order valence-electron chi connectivity index (χ1n) is 8.44. The first-order valence-corrected chi connectivity index (χ1v) is 8.44. The van der Waals surface area contributed by atoms with Crippen molar-refractivity contribution in [2.24, 2.45) is 5.92 Å². The molecule has 1 aliphatic rings. The van der Waals surface area contributed by atoms with Crippen molar-refractivity contribution < 1.29 is 4.52 Å². The molecule has 0 radical (unpaired) electrons. The van der Waals surface area contributed by atoms with Gasteiger partial charge in [0.05, 0.1) is 6.54 Å². The average molecular weight is 294 g/mol. The first-order chi connectivity index (χ1) is 10.2. The number of nitrogens with zero attached hydrogens (tertiary/aromatic N) is 3. The zero-order chi connectivity index (χ0) is 15.1. The van der Waals surface area contributed by atoms with Gasteiger partial charge in [0.15, 0.2) is 5.82 Å². The molecule has 2 rings (SSSR count). The number of hydrogen-bond acceptors (Lipinski definition) is 5. The number of rotatable bonds is 8. The summed E-state index contributed by atoms with van der Waals surface area (Å²) in [4.78, 5) is 6.97. The molecule has 2 heterocycles. The van der Waals surface area contributed by atoms with Crippen molar-refractivity contribution >= 4 is 0 Å². The van der Waals surface area contributed by atoms with Crippen molar-refractivity contribution in [1.82, 2.24) is 20.4 Å². The van der Waals surface area contributed by atoms with Crippen LogP contribution in [0.4, 0.5) is 0 Å². The maximum atomic E-state index is 5.41. The van der Waals surface area contributed by atoms with Crippen molar-refractivity contribution in [3.05, 3.63) is 11.7 Å². The Morgan fingerprint density at radius 3 is 2.90 bits per heavy atom. The summed E-state index contributed by atoms with van der Waals surface area (Å²) < 4.78 is 5.41. The van der Waals surface area contributed by atoms with E-state index in [0.29, 0.717) is 12.0 Å². The number of aromatic nitrogens is 2. The minimum Gasteiger partial charge on any atom is -0.338 e. The van der Waals surface area contributed by atoms with Crippen LogP contribution in [0.15, 0.2) is 4.52 Å². The molecule has 0 aromatic carbocycles. The summed E-state index contributed by atoms with van der Waals surface area (Å²) in [6, 6.07) is 0.614. The van der Waals surface area contributed by atoms with Crippen molar-refractivity contribution in [3.63, 3.8) is 0 Å². The van der Waals surface area contributed by atoms with Crippen molar-refractivity contribution in [1.29, 1.82) is 0 Å². The Morgan fingerprint density at radius 2 is 2.24 bits per heavy atom. The van der Waals surface area contributed by atoms with Crippen LogP contribution in [0.2, 0.25) is 0 Å². The lowest BCUT2D eigenvalue weighted by molar-refractivity contribution is 0.193. The van der Waals surface area contributed by atoms with E-state index in [4.69, 9.17) is 4.52 Å². The second-order valence-electron chi connectivity index (χ2n) is 6.58.